The predicted molar refractivity (Wildman–Crippen MR) is 210 cm³/mol. The van der Waals surface area contributed by atoms with Crippen LogP contribution in [0.15, 0.2) is 12.7 Å². The molecule has 2 heterocycles. The number of sulfone groups is 1. The molecule has 2 aliphatic heterocycles. The number of nitrogens with one attached hydrogen (secondary N) is 4. The van der Waals surface area contributed by atoms with E-state index in [-0.39, 0.29) is 36.0 Å². The van der Waals surface area contributed by atoms with E-state index < -0.39 is 73.2 Å². The summed E-state index contributed by atoms with van der Waals surface area (Å²) in [6, 6.07) is -3.60. The molecule has 2 aliphatic carbocycles. The smallest absolute Gasteiger partial charge is 0.315 e. The molecule has 14 heteroatoms. The summed E-state index contributed by atoms with van der Waals surface area (Å²) in [4.78, 5) is 72.3. The Morgan fingerprint density at radius 3 is 2.15 bits per heavy atom. The first-order valence-corrected chi connectivity index (χ1v) is 21.8. The van der Waals surface area contributed by atoms with Crippen molar-refractivity contribution in [2.75, 3.05) is 38.5 Å². The van der Waals surface area contributed by atoms with Gasteiger partial charge in [-0.1, -0.05) is 79.7 Å². The lowest BCUT2D eigenvalue weighted by Crippen LogP contribution is -2.64. The first-order chi connectivity index (χ1) is 25.1. The SMILES string of the molecule is C=CCNC(=O)C(=O)[C@H](CCCC)NC(=O)[C@@H]1[C@@H]2[C@H](CN1C(=O)[C@@H](NC(=O)NC1(CS(=O)(=O)C(C)(C)CN3CCCC3)CCCCC1)C(C)(C)C)C2(C)C. The molecule has 0 aromatic rings. The van der Waals surface area contributed by atoms with Crippen LogP contribution < -0.4 is 21.3 Å². The Morgan fingerprint density at radius 2 is 1.57 bits per heavy atom. The van der Waals surface area contributed by atoms with Gasteiger partial charge in [0.05, 0.1) is 22.1 Å². The maximum absolute atomic E-state index is 14.6. The lowest BCUT2D eigenvalue weighted by molar-refractivity contribution is -0.145. The van der Waals surface area contributed by atoms with E-state index in [0.717, 1.165) is 51.6 Å². The molecular weight excluding hydrogens is 709 g/mol. The molecule has 306 valence electrons. The molecule has 0 radical (unpaired) electrons. The Kier molecular flexibility index (Phi) is 13.8. The number of carbonyl (C=O) groups is 5. The number of piperidine rings is 1. The maximum atomic E-state index is 14.6. The van der Waals surface area contributed by atoms with Gasteiger partial charge >= 0.3 is 6.03 Å². The van der Waals surface area contributed by atoms with Gasteiger partial charge in [0, 0.05) is 19.6 Å². The zero-order valence-electron chi connectivity index (χ0n) is 34.1. The number of hydrogen-bond donors (Lipinski definition) is 4. The first-order valence-electron chi connectivity index (χ1n) is 20.2. The molecule has 0 spiro atoms. The lowest BCUT2D eigenvalue weighted by Gasteiger charge is -2.42. The van der Waals surface area contributed by atoms with Crippen molar-refractivity contribution in [3.8, 4) is 0 Å². The number of unbranched alkanes of at least 4 members (excludes halogenated alkanes) is 1. The van der Waals surface area contributed by atoms with Gasteiger partial charge in [-0.25, -0.2) is 13.2 Å². The molecule has 4 fully saturated rings. The standard InChI is InChI=1S/C40H68N6O7S/c1-10-12-18-28(31(47)34(49)41-21-11-2)42-33(48)30-29-27(39(29,8)9)24-46(30)35(50)32(37(3,4)5)43-36(51)44-40(19-14-13-15-20-40)26-54(52,53)38(6,7)25-45-22-16-17-23-45/h11,27-30,32H,2,10,12-26H2,1,3-9H3,(H,41,49)(H,42,48)(H2,43,44,51)/t27-,28-,29-,30-,32+/m0/s1. The molecule has 0 unspecified atom stereocenters. The fourth-order valence-electron chi connectivity index (χ4n) is 9.05. The minimum Gasteiger partial charge on any atom is -0.346 e. The molecule has 0 aromatic carbocycles. The van der Waals surface area contributed by atoms with Crippen molar-refractivity contribution in [2.24, 2.45) is 22.7 Å². The minimum atomic E-state index is -3.66. The van der Waals surface area contributed by atoms with Gasteiger partial charge in [0.1, 0.15) is 12.1 Å². The predicted octanol–water partition coefficient (Wildman–Crippen LogP) is 3.72. The van der Waals surface area contributed by atoms with Crippen molar-refractivity contribution in [3.05, 3.63) is 12.7 Å². The number of urea groups is 1. The Labute approximate surface area is 323 Å². The van der Waals surface area contributed by atoms with Crippen molar-refractivity contribution in [1.29, 1.82) is 0 Å². The van der Waals surface area contributed by atoms with Crippen molar-refractivity contribution < 1.29 is 32.4 Å². The molecule has 5 atom stereocenters. The van der Waals surface area contributed by atoms with E-state index in [1.807, 2.05) is 27.7 Å². The quantitative estimate of drug-likeness (QED) is 0.128. The molecule has 54 heavy (non-hydrogen) atoms. The van der Waals surface area contributed by atoms with Gasteiger partial charge in [0.25, 0.3) is 5.91 Å². The summed E-state index contributed by atoms with van der Waals surface area (Å²) < 4.78 is 27.1. The lowest BCUT2D eigenvalue weighted by atomic mass is 9.83. The molecule has 2 saturated heterocycles. The Hall–Kier alpha value is -3.00. The van der Waals surface area contributed by atoms with E-state index >= 15 is 0 Å². The van der Waals surface area contributed by atoms with Crippen LogP contribution in [0.25, 0.3) is 0 Å². The molecule has 2 saturated carbocycles. The highest BCUT2D eigenvalue weighted by atomic mass is 32.2. The van der Waals surface area contributed by atoms with Crippen LogP contribution in [0, 0.1) is 22.7 Å². The van der Waals surface area contributed by atoms with Crippen LogP contribution in [-0.2, 0) is 29.0 Å². The van der Waals surface area contributed by atoms with Gasteiger partial charge in [-0.05, 0) is 81.7 Å². The number of rotatable bonds is 17. The van der Waals surface area contributed by atoms with E-state index in [4.69, 9.17) is 0 Å². The Balaban J connectivity index is 1.54. The fourth-order valence-corrected chi connectivity index (χ4v) is 10.9. The van der Waals surface area contributed by atoms with Gasteiger partial charge in [-0.3, -0.25) is 19.2 Å². The molecule has 4 N–H and O–H groups in total. The number of Topliss-reactive ketones (excluding diaryl/α,β-unsaturated/α-hetero) is 1. The number of fused-ring (bicyclic) bond motifs is 1. The zero-order valence-corrected chi connectivity index (χ0v) is 35.0. The van der Waals surface area contributed by atoms with Gasteiger partial charge in [-0.15, -0.1) is 6.58 Å². The third-order valence-electron chi connectivity index (χ3n) is 12.6. The normalized spacial score (nSPS) is 24.8. The summed E-state index contributed by atoms with van der Waals surface area (Å²) in [6.07, 6.45) is 8.79. The summed E-state index contributed by atoms with van der Waals surface area (Å²) >= 11 is 0. The van der Waals surface area contributed by atoms with Crippen molar-refractivity contribution in [2.45, 2.75) is 148 Å². The second-order valence-corrected chi connectivity index (χ2v) is 21.3. The molecule has 13 nitrogen and oxygen atoms in total. The summed E-state index contributed by atoms with van der Waals surface area (Å²) in [5, 5.41) is 11.3. The maximum Gasteiger partial charge on any atom is 0.315 e. The van der Waals surface area contributed by atoms with Gasteiger partial charge in [-0.2, -0.15) is 0 Å². The highest BCUT2D eigenvalue weighted by Crippen LogP contribution is 2.65. The number of ketones is 1. The molecule has 4 aliphatic rings. The van der Waals surface area contributed by atoms with Crippen LogP contribution in [0.5, 0.6) is 0 Å². The second kappa shape index (κ2) is 17.0. The van der Waals surface area contributed by atoms with E-state index in [1.165, 1.54) is 11.0 Å². The zero-order chi connectivity index (χ0) is 40.3. The van der Waals surface area contributed by atoms with Crippen LogP contribution in [0.2, 0.25) is 0 Å². The average Bonchev–Trinajstić information content (AvgIpc) is 3.49. The Bertz CT molecular complexity index is 1520. The number of likely N-dealkylation sites (tertiary alicyclic amines) is 2. The Morgan fingerprint density at radius 1 is 0.944 bits per heavy atom. The van der Waals surface area contributed by atoms with Crippen LogP contribution in [-0.4, -0.2) is 115 Å². The summed E-state index contributed by atoms with van der Waals surface area (Å²) in [6.45, 7) is 21.4. The highest BCUT2D eigenvalue weighted by molar-refractivity contribution is 7.92. The van der Waals surface area contributed by atoms with E-state index in [9.17, 15) is 32.4 Å². The van der Waals surface area contributed by atoms with Crippen LogP contribution in [0.1, 0.15) is 120 Å². The largest absolute Gasteiger partial charge is 0.346 e. The first kappa shape index (κ1) is 43.7. The van der Waals surface area contributed by atoms with Crippen LogP contribution in [0.4, 0.5) is 4.79 Å². The fraction of sp³-hybridized carbons (Fsp3) is 0.825. The number of nitrogens with zero attached hydrogens (tertiary/aromatic N) is 2. The summed E-state index contributed by atoms with van der Waals surface area (Å²) in [5.41, 5.74) is -1.97. The van der Waals surface area contributed by atoms with E-state index in [2.05, 4.69) is 46.6 Å². The number of amides is 5. The topological polar surface area (TPSA) is 174 Å². The molecular formula is C40H68N6O7S. The van der Waals surface area contributed by atoms with Crippen LogP contribution in [0.3, 0.4) is 0 Å². The van der Waals surface area contributed by atoms with E-state index in [0.29, 0.717) is 32.4 Å². The molecule has 0 aromatic heterocycles. The van der Waals surface area contributed by atoms with Crippen molar-refractivity contribution in [3.63, 3.8) is 0 Å². The number of carbonyl (C=O) groups excluding carboxylic acids is 5. The third kappa shape index (κ3) is 9.86. The van der Waals surface area contributed by atoms with Crippen molar-refractivity contribution in [1.82, 2.24) is 31.1 Å². The highest BCUT2D eigenvalue weighted by Gasteiger charge is 2.70. The summed E-state index contributed by atoms with van der Waals surface area (Å²) in [7, 11) is -3.66. The van der Waals surface area contributed by atoms with Gasteiger partial charge in [0.15, 0.2) is 9.84 Å². The van der Waals surface area contributed by atoms with Gasteiger partial charge in [0.2, 0.25) is 17.6 Å². The third-order valence-corrected chi connectivity index (χ3v) is 15.3. The summed E-state index contributed by atoms with van der Waals surface area (Å²) in [5.74, 6) is -2.75. The average molecular weight is 777 g/mol. The second-order valence-electron chi connectivity index (χ2n) is 18.7. The molecule has 5 amide bonds. The molecule has 0 bridgehead atoms. The molecule has 4 rings (SSSR count). The van der Waals surface area contributed by atoms with E-state index in [1.54, 1.807) is 13.8 Å². The number of hydrogen-bond acceptors (Lipinski definition) is 8. The monoisotopic (exact) mass is 776 g/mol. The van der Waals surface area contributed by atoms with Crippen molar-refractivity contribution >= 4 is 39.4 Å². The minimum absolute atomic E-state index is 0.0481. The van der Waals surface area contributed by atoms with Crippen LogP contribution >= 0.6 is 0 Å². The van der Waals surface area contributed by atoms with Gasteiger partial charge < -0.3 is 31.1 Å².